The maximum Gasteiger partial charge on any atom is 0.241 e. The molecule has 0 fully saturated rings. The maximum atomic E-state index is 11.7. The summed E-state index contributed by atoms with van der Waals surface area (Å²) in [5.74, 6) is 0.733. The first-order chi connectivity index (χ1) is 14.5. The van der Waals surface area contributed by atoms with Crippen molar-refractivity contribution in [2.45, 2.75) is 45.6 Å². The Morgan fingerprint density at radius 3 is 2.42 bits per heavy atom. The van der Waals surface area contributed by atoms with Gasteiger partial charge in [0.2, 0.25) is 21.9 Å². The number of benzene rings is 1. The Morgan fingerprint density at radius 1 is 1.19 bits per heavy atom. The number of aliphatic hydroxyl groups excluding tert-OH is 1. The molecule has 0 radical (unpaired) electrons. The molecule has 2 rings (SSSR count). The first kappa shape index (κ1) is 24.8. The number of nitrogens with zero attached hydrogens (tertiary/aromatic N) is 4. The Morgan fingerprint density at radius 2 is 1.87 bits per heavy atom. The van der Waals surface area contributed by atoms with E-state index < -0.39 is 10.0 Å². The van der Waals surface area contributed by atoms with Gasteiger partial charge in [0.25, 0.3) is 0 Å². The smallest absolute Gasteiger partial charge is 0.241 e. The molecule has 0 saturated heterocycles. The van der Waals surface area contributed by atoms with Gasteiger partial charge < -0.3 is 10.4 Å². The van der Waals surface area contributed by atoms with Gasteiger partial charge in [0.15, 0.2) is 0 Å². The van der Waals surface area contributed by atoms with Gasteiger partial charge in [-0.1, -0.05) is 38.4 Å². The topological polar surface area (TPSA) is 141 Å². The standard InChI is InChI=1S/C20H27ClN6O3S/c1-12(2)7-16(11-28)23-19-24-18(25-20(26-19)27-31(4,29)30)8-13(3)14-5-6-15(10-22)17(21)9-14/h5-6,9,12-13,16,28H,7-8,11H2,1-4H3,(H2,23,24,25,26,27). The molecule has 1 aromatic carbocycles. The van der Waals surface area contributed by atoms with Gasteiger partial charge in [0.1, 0.15) is 11.9 Å². The normalized spacial score (nSPS) is 13.5. The molecule has 31 heavy (non-hydrogen) atoms. The number of aromatic nitrogens is 3. The highest BCUT2D eigenvalue weighted by Crippen LogP contribution is 2.25. The van der Waals surface area contributed by atoms with Crippen molar-refractivity contribution in [2.75, 3.05) is 22.9 Å². The van der Waals surface area contributed by atoms with Crippen molar-refractivity contribution in [2.24, 2.45) is 5.92 Å². The van der Waals surface area contributed by atoms with Crippen LogP contribution in [-0.4, -0.2) is 47.4 Å². The van der Waals surface area contributed by atoms with Gasteiger partial charge in [-0.3, -0.25) is 4.72 Å². The molecule has 0 aliphatic heterocycles. The minimum Gasteiger partial charge on any atom is -0.394 e. The molecule has 1 heterocycles. The molecule has 0 bridgehead atoms. The average molecular weight is 467 g/mol. The lowest BCUT2D eigenvalue weighted by Gasteiger charge is -2.19. The molecule has 3 N–H and O–H groups in total. The summed E-state index contributed by atoms with van der Waals surface area (Å²) in [6, 6.07) is 6.94. The molecule has 2 atom stereocenters. The van der Waals surface area contributed by atoms with E-state index >= 15 is 0 Å². The van der Waals surface area contributed by atoms with Crippen LogP contribution in [0.4, 0.5) is 11.9 Å². The Bertz CT molecular complexity index is 1060. The van der Waals surface area contributed by atoms with Crippen molar-refractivity contribution >= 4 is 33.5 Å². The zero-order valence-electron chi connectivity index (χ0n) is 17.9. The minimum absolute atomic E-state index is 0.0594. The van der Waals surface area contributed by atoms with Crippen LogP contribution in [0.1, 0.15) is 50.1 Å². The van der Waals surface area contributed by atoms with E-state index in [9.17, 15) is 13.5 Å². The summed E-state index contributed by atoms with van der Waals surface area (Å²) in [5.41, 5.74) is 1.29. The van der Waals surface area contributed by atoms with E-state index in [0.717, 1.165) is 11.8 Å². The summed E-state index contributed by atoms with van der Waals surface area (Å²) in [6.45, 7) is 5.90. The average Bonchev–Trinajstić information content (AvgIpc) is 2.65. The third kappa shape index (κ3) is 7.94. The second-order valence-corrected chi connectivity index (χ2v) is 10.0. The van der Waals surface area contributed by atoms with Crippen LogP contribution < -0.4 is 10.0 Å². The van der Waals surface area contributed by atoms with Crippen LogP contribution in [0, 0.1) is 17.2 Å². The van der Waals surface area contributed by atoms with Crippen LogP contribution in [0.25, 0.3) is 0 Å². The van der Waals surface area contributed by atoms with Gasteiger partial charge >= 0.3 is 0 Å². The summed E-state index contributed by atoms with van der Waals surface area (Å²) >= 11 is 6.14. The Kier molecular flexibility index (Phi) is 8.56. The summed E-state index contributed by atoms with van der Waals surface area (Å²) in [5, 5.41) is 22.1. The van der Waals surface area contributed by atoms with Gasteiger partial charge in [0, 0.05) is 6.42 Å². The SMILES string of the molecule is CC(C)CC(CO)Nc1nc(CC(C)c2ccc(C#N)c(Cl)c2)nc(NS(C)(=O)=O)n1. The summed E-state index contributed by atoms with van der Waals surface area (Å²) in [4.78, 5) is 12.8. The monoisotopic (exact) mass is 466 g/mol. The number of hydrogen-bond acceptors (Lipinski definition) is 8. The second-order valence-electron chi connectivity index (χ2n) is 7.88. The van der Waals surface area contributed by atoms with E-state index in [2.05, 4.69) is 25.0 Å². The summed E-state index contributed by atoms with van der Waals surface area (Å²) in [6.07, 6.45) is 2.08. The van der Waals surface area contributed by atoms with E-state index in [-0.39, 0.29) is 30.5 Å². The Balaban J connectivity index is 2.32. The zero-order chi connectivity index (χ0) is 23.2. The molecule has 0 spiro atoms. The van der Waals surface area contributed by atoms with Crippen molar-refractivity contribution in [1.29, 1.82) is 5.26 Å². The van der Waals surface area contributed by atoms with E-state index in [1.54, 1.807) is 12.1 Å². The quantitative estimate of drug-likeness (QED) is 0.485. The molecule has 11 heteroatoms. The molecule has 0 saturated carbocycles. The van der Waals surface area contributed by atoms with Crippen molar-refractivity contribution < 1.29 is 13.5 Å². The number of anilines is 2. The maximum absolute atomic E-state index is 11.7. The van der Waals surface area contributed by atoms with E-state index in [1.165, 1.54) is 0 Å². The number of aliphatic hydroxyl groups is 1. The first-order valence-corrected chi connectivity index (χ1v) is 12.1. The number of rotatable bonds is 10. The minimum atomic E-state index is -3.59. The molecule has 2 aromatic rings. The van der Waals surface area contributed by atoms with Crippen LogP contribution in [-0.2, 0) is 16.4 Å². The van der Waals surface area contributed by atoms with Crippen molar-refractivity contribution in [3.05, 3.63) is 40.2 Å². The predicted molar refractivity (Wildman–Crippen MR) is 121 cm³/mol. The Hall–Kier alpha value is -2.48. The third-order valence-electron chi connectivity index (χ3n) is 4.44. The highest BCUT2D eigenvalue weighted by molar-refractivity contribution is 7.91. The molecule has 168 valence electrons. The number of nitrogens with one attached hydrogen (secondary N) is 2. The van der Waals surface area contributed by atoms with Crippen molar-refractivity contribution in [1.82, 2.24) is 15.0 Å². The number of sulfonamides is 1. The van der Waals surface area contributed by atoms with Crippen LogP contribution in [0.3, 0.4) is 0 Å². The molecule has 9 nitrogen and oxygen atoms in total. The molecule has 1 aromatic heterocycles. The molecule has 0 aliphatic carbocycles. The van der Waals surface area contributed by atoms with Gasteiger partial charge in [-0.05, 0) is 36.0 Å². The summed E-state index contributed by atoms with van der Waals surface area (Å²) in [7, 11) is -3.59. The largest absolute Gasteiger partial charge is 0.394 e. The van der Waals surface area contributed by atoms with Gasteiger partial charge in [-0.15, -0.1) is 0 Å². The van der Waals surface area contributed by atoms with Crippen LogP contribution >= 0.6 is 11.6 Å². The highest BCUT2D eigenvalue weighted by Gasteiger charge is 2.17. The summed E-state index contributed by atoms with van der Waals surface area (Å²) < 4.78 is 25.6. The predicted octanol–water partition coefficient (Wildman–Crippen LogP) is 2.93. The molecule has 2 unspecified atom stereocenters. The van der Waals surface area contributed by atoms with E-state index in [1.807, 2.05) is 32.9 Å². The molecular weight excluding hydrogens is 440 g/mol. The molecule has 0 aliphatic rings. The lowest BCUT2D eigenvalue weighted by molar-refractivity contribution is 0.259. The number of nitriles is 1. The van der Waals surface area contributed by atoms with Crippen LogP contribution in [0.5, 0.6) is 0 Å². The van der Waals surface area contributed by atoms with Crippen molar-refractivity contribution in [3.8, 4) is 6.07 Å². The highest BCUT2D eigenvalue weighted by atomic mass is 35.5. The zero-order valence-corrected chi connectivity index (χ0v) is 19.5. The van der Waals surface area contributed by atoms with Crippen molar-refractivity contribution in [3.63, 3.8) is 0 Å². The fourth-order valence-corrected chi connectivity index (χ4v) is 3.69. The lowest BCUT2D eigenvalue weighted by Crippen LogP contribution is -2.27. The first-order valence-electron chi connectivity index (χ1n) is 9.80. The third-order valence-corrected chi connectivity index (χ3v) is 5.31. The van der Waals surface area contributed by atoms with Crippen LogP contribution in [0.2, 0.25) is 5.02 Å². The molecular formula is C20H27ClN6O3S. The van der Waals surface area contributed by atoms with Gasteiger partial charge in [-0.2, -0.15) is 20.2 Å². The number of hydrogen-bond donors (Lipinski definition) is 3. The second kappa shape index (κ2) is 10.7. The fraction of sp³-hybridized carbons (Fsp3) is 0.500. The van der Waals surface area contributed by atoms with Crippen LogP contribution in [0.15, 0.2) is 18.2 Å². The van der Waals surface area contributed by atoms with Gasteiger partial charge in [0.05, 0.1) is 29.5 Å². The fourth-order valence-electron chi connectivity index (χ4n) is 3.04. The molecule has 0 amide bonds. The van der Waals surface area contributed by atoms with E-state index in [0.29, 0.717) is 35.2 Å². The van der Waals surface area contributed by atoms with Gasteiger partial charge in [-0.25, -0.2) is 8.42 Å². The Labute approximate surface area is 188 Å². The lowest BCUT2D eigenvalue weighted by atomic mass is 9.96. The number of halogens is 1. The van der Waals surface area contributed by atoms with E-state index in [4.69, 9.17) is 16.9 Å².